The predicted octanol–water partition coefficient (Wildman–Crippen LogP) is 4.46. The second kappa shape index (κ2) is 8.81. The second-order valence-electron chi connectivity index (χ2n) is 7.88. The van der Waals surface area contributed by atoms with E-state index < -0.39 is 0 Å². The SMILES string of the molecule is CCCc1cc(C(=O)N2CCCC[C@H]2c2ncc(Cc3cccc(F)c3)o2)n(C)n1. The van der Waals surface area contributed by atoms with Crippen molar-refractivity contribution in [3.05, 3.63) is 70.9 Å². The van der Waals surface area contributed by atoms with Gasteiger partial charge in [-0.2, -0.15) is 5.10 Å². The van der Waals surface area contributed by atoms with Crippen LogP contribution >= 0.6 is 0 Å². The van der Waals surface area contributed by atoms with Gasteiger partial charge in [0.05, 0.1) is 11.9 Å². The van der Waals surface area contributed by atoms with Crippen molar-refractivity contribution >= 4 is 5.91 Å². The van der Waals surface area contributed by atoms with Crippen LogP contribution in [0.5, 0.6) is 0 Å². The second-order valence-corrected chi connectivity index (χ2v) is 7.88. The molecule has 158 valence electrons. The molecule has 0 bridgehead atoms. The topological polar surface area (TPSA) is 64.2 Å². The summed E-state index contributed by atoms with van der Waals surface area (Å²) in [4.78, 5) is 19.6. The quantitative estimate of drug-likeness (QED) is 0.602. The van der Waals surface area contributed by atoms with E-state index in [9.17, 15) is 9.18 Å². The maximum Gasteiger partial charge on any atom is 0.272 e. The third kappa shape index (κ3) is 4.30. The molecule has 1 amide bonds. The fourth-order valence-electron chi connectivity index (χ4n) is 4.09. The average molecular weight is 410 g/mol. The first-order chi connectivity index (χ1) is 14.5. The Morgan fingerprint density at radius 1 is 1.30 bits per heavy atom. The van der Waals surface area contributed by atoms with Gasteiger partial charge in [-0.05, 0) is 49.4 Å². The molecule has 1 aliphatic rings. The minimum atomic E-state index is -0.269. The maximum atomic E-state index is 13.5. The van der Waals surface area contributed by atoms with Crippen molar-refractivity contribution in [1.29, 1.82) is 0 Å². The van der Waals surface area contributed by atoms with Crippen LogP contribution < -0.4 is 0 Å². The van der Waals surface area contributed by atoms with Gasteiger partial charge in [0.15, 0.2) is 0 Å². The number of hydrogen-bond donors (Lipinski definition) is 0. The lowest BCUT2D eigenvalue weighted by atomic mass is 10.0. The van der Waals surface area contributed by atoms with Gasteiger partial charge in [0.2, 0.25) is 5.89 Å². The van der Waals surface area contributed by atoms with Gasteiger partial charge in [0.1, 0.15) is 23.3 Å². The molecule has 7 heteroatoms. The summed E-state index contributed by atoms with van der Waals surface area (Å²) >= 11 is 0. The Morgan fingerprint density at radius 2 is 2.17 bits per heavy atom. The summed E-state index contributed by atoms with van der Waals surface area (Å²) in [6.07, 6.45) is 6.77. The fourth-order valence-corrected chi connectivity index (χ4v) is 4.09. The lowest BCUT2D eigenvalue weighted by Crippen LogP contribution is -2.39. The molecule has 0 saturated carbocycles. The molecular formula is C23H27FN4O2. The Hall–Kier alpha value is -2.96. The first kappa shape index (κ1) is 20.3. The Kier molecular flexibility index (Phi) is 5.97. The molecule has 1 aromatic carbocycles. The number of halogens is 1. The average Bonchev–Trinajstić information content (AvgIpc) is 3.34. The molecule has 1 fully saturated rings. The zero-order valence-corrected chi connectivity index (χ0v) is 17.5. The van der Waals surface area contributed by atoms with E-state index >= 15 is 0 Å². The number of carbonyl (C=O) groups excluding carboxylic acids is 1. The van der Waals surface area contributed by atoms with Crippen LogP contribution in [0.3, 0.4) is 0 Å². The van der Waals surface area contributed by atoms with Crippen LogP contribution in [0, 0.1) is 5.82 Å². The first-order valence-electron chi connectivity index (χ1n) is 10.6. The Morgan fingerprint density at radius 3 is 2.97 bits per heavy atom. The van der Waals surface area contributed by atoms with Gasteiger partial charge < -0.3 is 9.32 Å². The number of likely N-dealkylation sites (tertiary alicyclic amines) is 1. The van der Waals surface area contributed by atoms with E-state index in [0.717, 1.165) is 43.4 Å². The Balaban J connectivity index is 1.54. The molecule has 1 saturated heterocycles. The lowest BCUT2D eigenvalue weighted by molar-refractivity contribution is 0.0558. The van der Waals surface area contributed by atoms with Gasteiger partial charge in [-0.1, -0.05) is 25.5 Å². The summed E-state index contributed by atoms with van der Waals surface area (Å²) < 4.78 is 21.1. The van der Waals surface area contributed by atoms with Crippen LogP contribution in [0.2, 0.25) is 0 Å². The number of hydrogen-bond acceptors (Lipinski definition) is 4. The molecule has 0 N–H and O–H groups in total. The highest BCUT2D eigenvalue weighted by molar-refractivity contribution is 5.93. The van der Waals surface area contributed by atoms with Crippen LogP contribution in [-0.2, 0) is 19.9 Å². The molecule has 0 aliphatic carbocycles. The van der Waals surface area contributed by atoms with Crippen molar-refractivity contribution in [3.63, 3.8) is 0 Å². The summed E-state index contributed by atoms with van der Waals surface area (Å²) in [5.41, 5.74) is 2.36. The van der Waals surface area contributed by atoms with Gasteiger partial charge in [-0.15, -0.1) is 0 Å². The summed E-state index contributed by atoms with van der Waals surface area (Å²) in [6.45, 7) is 2.76. The largest absolute Gasteiger partial charge is 0.443 e. The van der Waals surface area contributed by atoms with Crippen molar-refractivity contribution < 1.29 is 13.6 Å². The number of amides is 1. The van der Waals surface area contributed by atoms with Crippen molar-refractivity contribution in [2.24, 2.45) is 7.05 Å². The number of nitrogens with zero attached hydrogens (tertiary/aromatic N) is 4. The van der Waals surface area contributed by atoms with Crippen molar-refractivity contribution in [1.82, 2.24) is 19.7 Å². The summed E-state index contributed by atoms with van der Waals surface area (Å²) in [5, 5.41) is 4.47. The zero-order valence-electron chi connectivity index (χ0n) is 17.5. The fraction of sp³-hybridized carbons (Fsp3) is 0.435. The molecule has 30 heavy (non-hydrogen) atoms. The molecule has 3 aromatic rings. The van der Waals surface area contributed by atoms with E-state index in [-0.39, 0.29) is 17.8 Å². The van der Waals surface area contributed by atoms with Gasteiger partial charge in [0, 0.05) is 20.0 Å². The molecule has 0 spiro atoms. The van der Waals surface area contributed by atoms with E-state index in [1.165, 1.54) is 12.1 Å². The number of aromatic nitrogens is 3. The molecule has 1 atom stereocenters. The number of carbonyl (C=O) groups is 1. The van der Waals surface area contributed by atoms with Crippen molar-refractivity contribution in [3.8, 4) is 0 Å². The molecule has 6 nitrogen and oxygen atoms in total. The van der Waals surface area contributed by atoms with E-state index in [4.69, 9.17) is 4.42 Å². The smallest absolute Gasteiger partial charge is 0.272 e. The third-order valence-corrected chi connectivity index (χ3v) is 5.54. The zero-order chi connectivity index (χ0) is 21.1. The number of rotatable bonds is 6. The van der Waals surface area contributed by atoms with Crippen LogP contribution in [0.15, 0.2) is 40.9 Å². The van der Waals surface area contributed by atoms with Crippen molar-refractivity contribution in [2.75, 3.05) is 6.54 Å². The number of aryl methyl sites for hydroxylation is 2. The summed E-state index contributed by atoms with van der Waals surface area (Å²) in [6, 6.07) is 8.15. The van der Waals surface area contributed by atoms with Gasteiger partial charge in [0.25, 0.3) is 5.91 Å². The van der Waals surface area contributed by atoms with Crippen molar-refractivity contribution in [2.45, 2.75) is 51.5 Å². The maximum absolute atomic E-state index is 13.5. The molecular weight excluding hydrogens is 383 g/mol. The minimum absolute atomic E-state index is 0.0399. The molecule has 2 aromatic heterocycles. The Bertz CT molecular complexity index is 1030. The summed E-state index contributed by atoms with van der Waals surface area (Å²) in [5.74, 6) is 0.904. The highest BCUT2D eigenvalue weighted by atomic mass is 19.1. The molecule has 1 aliphatic heterocycles. The lowest BCUT2D eigenvalue weighted by Gasteiger charge is -2.33. The predicted molar refractivity (Wildman–Crippen MR) is 111 cm³/mol. The van der Waals surface area contributed by atoms with E-state index in [2.05, 4.69) is 17.0 Å². The highest BCUT2D eigenvalue weighted by Gasteiger charge is 2.33. The Labute approximate surface area is 175 Å². The van der Waals surface area contributed by atoms with Crippen LogP contribution in [0.4, 0.5) is 4.39 Å². The molecule has 3 heterocycles. The number of oxazole rings is 1. The third-order valence-electron chi connectivity index (χ3n) is 5.54. The summed E-state index contributed by atoms with van der Waals surface area (Å²) in [7, 11) is 1.81. The van der Waals surface area contributed by atoms with E-state index in [0.29, 0.717) is 30.3 Å². The minimum Gasteiger partial charge on any atom is -0.443 e. The van der Waals surface area contributed by atoms with Gasteiger partial charge in [-0.25, -0.2) is 9.37 Å². The van der Waals surface area contributed by atoms with Crippen LogP contribution in [-0.4, -0.2) is 32.1 Å². The van der Waals surface area contributed by atoms with E-state index in [1.807, 2.05) is 24.1 Å². The molecule has 0 unspecified atom stereocenters. The van der Waals surface area contributed by atoms with Gasteiger partial charge >= 0.3 is 0 Å². The van der Waals surface area contributed by atoms with Crippen LogP contribution in [0.25, 0.3) is 0 Å². The highest BCUT2D eigenvalue weighted by Crippen LogP contribution is 2.32. The monoisotopic (exact) mass is 410 g/mol. The molecule has 4 rings (SSSR count). The first-order valence-corrected chi connectivity index (χ1v) is 10.6. The standard InChI is InChI=1S/C23H27FN4O2/c1-3-7-18-14-21(27(2)26-18)23(29)28-11-5-4-10-20(28)22-25-15-19(30-22)13-16-8-6-9-17(24)12-16/h6,8-9,12,14-15,20H,3-5,7,10-11,13H2,1-2H3/t20-/m0/s1. The van der Waals surface area contributed by atoms with E-state index in [1.54, 1.807) is 16.9 Å². The number of piperidine rings is 1. The van der Waals surface area contributed by atoms with Gasteiger partial charge in [-0.3, -0.25) is 9.48 Å². The molecule has 0 radical (unpaired) electrons. The normalized spacial score (nSPS) is 16.8. The van der Waals surface area contributed by atoms with Crippen LogP contribution in [0.1, 0.15) is 72.0 Å². The number of benzene rings is 1.